The third kappa shape index (κ3) is 1.99. The molecule has 1 N–H and O–H groups in total. The average molecular weight is 312 g/mol. The van der Waals surface area contributed by atoms with E-state index in [2.05, 4.69) is 15.9 Å². The summed E-state index contributed by atoms with van der Waals surface area (Å²) in [4.78, 5) is 22.5. The maximum absolute atomic E-state index is 11.5. The van der Waals surface area contributed by atoms with E-state index in [0.717, 1.165) is 0 Å². The Bertz CT molecular complexity index is 660. The fourth-order valence-corrected chi connectivity index (χ4v) is 2.26. The van der Waals surface area contributed by atoms with Gasteiger partial charge in [0.15, 0.2) is 5.75 Å². The molecule has 0 radical (unpaired) electrons. The highest BCUT2D eigenvalue weighted by molar-refractivity contribution is 9.10. The molecular weight excluding hydrogens is 302 g/mol. The van der Waals surface area contributed by atoms with Crippen LogP contribution in [-0.2, 0) is 4.79 Å². The molecule has 0 spiro atoms. The van der Waals surface area contributed by atoms with Gasteiger partial charge in [-0.2, -0.15) is 0 Å². The maximum atomic E-state index is 11.5. The summed E-state index contributed by atoms with van der Waals surface area (Å²) in [6, 6.07) is 3.05. The van der Waals surface area contributed by atoms with E-state index in [1.54, 1.807) is 6.07 Å². The van der Waals surface area contributed by atoms with Crippen LogP contribution in [0.1, 0.15) is 18.6 Å². The van der Waals surface area contributed by atoms with Crippen molar-refractivity contribution in [1.29, 1.82) is 0 Å². The molecule has 0 bridgehead atoms. The minimum atomic E-state index is -0.493. The van der Waals surface area contributed by atoms with Gasteiger partial charge in [0.2, 0.25) is 5.91 Å². The zero-order valence-electron chi connectivity index (χ0n) is 9.73. The van der Waals surface area contributed by atoms with Crippen LogP contribution in [0.3, 0.4) is 0 Å². The van der Waals surface area contributed by atoms with Crippen LogP contribution in [0.4, 0.5) is 0 Å². The van der Waals surface area contributed by atoms with Crippen LogP contribution in [0.25, 0.3) is 10.9 Å². The van der Waals surface area contributed by atoms with E-state index in [1.807, 2.05) is 0 Å². The summed E-state index contributed by atoms with van der Waals surface area (Å²) in [5, 5.41) is 10.1. The lowest BCUT2D eigenvalue weighted by molar-refractivity contribution is -0.131. The number of hydrogen-bond acceptors (Lipinski definition) is 4. The second kappa shape index (κ2) is 4.45. The lowest BCUT2D eigenvalue weighted by atomic mass is 10.2. The minimum absolute atomic E-state index is 0.0113. The number of rotatable bonds is 1. The Balaban J connectivity index is 2.81. The van der Waals surface area contributed by atoms with Crippen LogP contribution >= 0.6 is 15.9 Å². The topological polar surface area (TPSA) is 68.5 Å². The molecule has 0 fully saturated rings. The molecule has 0 aliphatic heterocycles. The van der Waals surface area contributed by atoms with E-state index >= 15 is 0 Å². The highest BCUT2D eigenvalue weighted by Gasteiger charge is 2.18. The number of hydrogen-bond donors (Lipinski definition) is 1. The smallest absolute Gasteiger partial charge is 0.308 e. The Morgan fingerprint density at radius 1 is 1.33 bits per heavy atom. The molecule has 0 amide bonds. The number of esters is 1. The van der Waals surface area contributed by atoms with Crippen molar-refractivity contribution in [3.8, 4) is 11.5 Å². The van der Waals surface area contributed by atoms with Crippen molar-refractivity contribution in [2.24, 2.45) is 0 Å². The number of nitrogens with zero attached hydrogens (tertiary/aromatic N) is 1. The molecule has 0 saturated heterocycles. The van der Waals surface area contributed by atoms with Crippen molar-refractivity contribution in [2.45, 2.75) is 13.8 Å². The van der Waals surface area contributed by atoms with Gasteiger partial charge in [-0.1, -0.05) is 0 Å². The molecule has 0 aliphatic rings. The number of fused-ring (bicyclic) bond motifs is 1. The number of halogens is 1. The number of benzene rings is 1. The second-order valence-electron chi connectivity index (χ2n) is 3.77. The molecule has 2 aromatic rings. The molecule has 1 aromatic carbocycles. The summed E-state index contributed by atoms with van der Waals surface area (Å²) in [5.74, 6) is -0.462. The summed E-state index contributed by atoms with van der Waals surface area (Å²) in [7, 11) is 0. The molecule has 5 nitrogen and oxygen atoms in total. The fourth-order valence-electron chi connectivity index (χ4n) is 1.73. The Labute approximate surface area is 111 Å². The van der Waals surface area contributed by atoms with Crippen LogP contribution in [0.5, 0.6) is 11.5 Å². The number of ether oxygens (including phenoxy) is 1. The van der Waals surface area contributed by atoms with Crippen LogP contribution < -0.4 is 4.74 Å². The minimum Gasteiger partial charge on any atom is -0.507 e. The van der Waals surface area contributed by atoms with Crippen molar-refractivity contribution in [3.63, 3.8) is 0 Å². The third-order valence-electron chi connectivity index (χ3n) is 2.44. The first-order valence-electron chi connectivity index (χ1n) is 5.13. The number of carbonyl (C=O) groups is 2. The van der Waals surface area contributed by atoms with Crippen LogP contribution in [-0.4, -0.2) is 21.6 Å². The molecule has 0 saturated carbocycles. The van der Waals surface area contributed by atoms with Gasteiger partial charge < -0.3 is 9.84 Å². The van der Waals surface area contributed by atoms with Gasteiger partial charge in [0.1, 0.15) is 5.75 Å². The lowest BCUT2D eigenvalue weighted by Crippen LogP contribution is -2.03. The second-order valence-corrected chi connectivity index (χ2v) is 4.56. The number of aromatic hydroxyl groups is 1. The monoisotopic (exact) mass is 311 g/mol. The summed E-state index contributed by atoms with van der Waals surface area (Å²) in [6.45, 7) is 2.67. The van der Waals surface area contributed by atoms with Gasteiger partial charge in [0.25, 0.3) is 0 Å². The molecule has 2 rings (SSSR count). The van der Waals surface area contributed by atoms with Crippen molar-refractivity contribution in [3.05, 3.63) is 22.8 Å². The first kappa shape index (κ1) is 12.6. The van der Waals surface area contributed by atoms with Crippen LogP contribution in [0.15, 0.2) is 22.8 Å². The highest BCUT2D eigenvalue weighted by atomic mass is 79.9. The standard InChI is InChI=1S/C12H10BrNO4/c1-6(15)14-5-10(18-7(2)16)11-8(14)3-4-9(17)12(11)13/h3-5,17H,1-2H3. The first-order valence-corrected chi connectivity index (χ1v) is 5.93. The maximum Gasteiger partial charge on any atom is 0.308 e. The molecule has 6 heteroatoms. The molecule has 1 heterocycles. The summed E-state index contributed by atoms with van der Waals surface area (Å²) >= 11 is 3.22. The van der Waals surface area contributed by atoms with Crippen molar-refractivity contribution in [1.82, 2.24) is 4.57 Å². The largest absolute Gasteiger partial charge is 0.507 e. The van der Waals surface area contributed by atoms with E-state index in [1.165, 1.54) is 30.7 Å². The Morgan fingerprint density at radius 3 is 2.56 bits per heavy atom. The van der Waals surface area contributed by atoms with E-state index in [9.17, 15) is 14.7 Å². The molecule has 0 atom stereocenters. The number of phenolic OH excluding ortho intramolecular Hbond substituents is 1. The van der Waals surface area contributed by atoms with Gasteiger partial charge in [-0.25, -0.2) is 0 Å². The van der Waals surface area contributed by atoms with Gasteiger partial charge in [0.05, 0.1) is 21.6 Å². The Hall–Kier alpha value is -1.82. The van der Waals surface area contributed by atoms with E-state index in [-0.39, 0.29) is 17.4 Å². The van der Waals surface area contributed by atoms with Gasteiger partial charge in [0, 0.05) is 13.8 Å². The first-order chi connectivity index (χ1) is 8.41. The SMILES string of the molecule is CC(=O)Oc1cn(C(C)=O)c2ccc(O)c(Br)c12. The van der Waals surface area contributed by atoms with Gasteiger partial charge >= 0.3 is 5.97 Å². The number of aromatic nitrogens is 1. The van der Waals surface area contributed by atoms with Crippen molar-refractivity contribution >= 4 is 38.7 Å². The predicted octanol–water partition coefficient (Wildman–Crippen LogP) is 2.69. The van der Waals surface area contributed by atoms with Gasteiger partial charge in [-0.05, 0) is 28.1 Å². The van der Waals surface area contributed by atoms with E-state index < -0.39 is 5.97 Å². The highest BCUT2D eigenvalue weighted by Crippen LogP contribution is 2.39. The van der Waals surface area contributed by atoms with Crippen molar-refractivity contribution in [2.75, 3.05) is 0 Å². The third-order valence-corrected chi connectivity index (χ3v) is 3.25. The lowest BCUT2D eigenvalue weighted by Gasteiger charge is -2.02. The molecule has 1 aromatic heterocycles. The summed E-state index contributed by atoms with van der Waals surface area (Å²) in [5.41, 5.74) is 0.559. The van der Waals surface area contributed by atoms with E-state index in [0.29, 0.717) is 15.4 Å². The fraction of sp³-hybridized carbons (Fsp3) is 0.167. The molecular formula is C12H10BrNO4. The average Bonchev–Trinajstić information content (AvgIpc) is 2.62. The Morgan fingerprint density at radius 2 is 2.00 bits per heavy atom. The zero-order valence-corrected chi connectivity index (χ0v) is 11.3. The number of carbonyl (C=O) groups excluding carboxylic acids is 2. The molecule has 0 aliphatic carbocycles. The zero-order chi connectivity index (χ0) is 13.4. The van der Waals surface area contributed by atoms with Gasteiger partial charge in [-0.3, -0.25) is 14.2 Å². The molecule has 18 heavy (non-hydrogen) atoms. The molecule has 94 valence electrons. The normalized spacial score (nSPS) is 10.6. The Kier molecular flexibility index (Phi) is 3.13. The number of phenols is 1. The van der Waals surface area contributed by atoms with Crippen LogP contribution in [0.2, 0.25) is 0 Å². The van der Waals surface area contributed by atoms with Crippen molar-refractivity contribution < 1.29 is 19.4 Å². The van der Waals surface area contributed by atoms with Crippen LogP contribution in [0, 0.1) is 0 Å². The van der Waals surface area contributed by atoms with E-state index in [4.69, 9.17) is 4.74 Å². The van der Waals surface area contributed by atoms with Gasteiger partial charge in [-0.15, -0.1) is 0 Å². The molecule has 0 unspecified atom stereocenters. The summed E-state index contributed by atoms with van der Waals surface area (Å²) in [6.07, 6.45) is 1.43. The quantitative estimate of drug-likeness (QED) is 0.822. The predicted molar refractivity (Wildman–Crippen MR) is 68.9 cm³/mol. The summed E-state index contributed by atoms with van der Waals surface area (Å²) < 4.78 is 6.79.